The van der Waals surface area contributed by atoms with Crippen molar-refractivity contribution in [1.82, 2.24) is 14.9 Å². The molecule has 0 radical (unpaired) electrons. The zero-order chi connectivity index (χ0) is 15.5. The van der Waals surface area contributed by atoms with Crippen LogP contribution in [0.15, 0.2) is 47.1 Å². The Balaban J connectivity index is 1.80. The summed E-state index contributed by atoms with van der Waals surface area (Å²) in [4.78, 5) is 12.1. The third-order valence-corrected chi connectivity index (χ3v) is 3.15. The van der Waals surface area contributed by atoms with Crippen molar-refractivity contribution in [3.05, 3.63) is 54.1 Å². The van der Waals surface area contributed by atoms with Crippen molar-refractivity contribution in [2.45, 2.75) is 13.5 Å². The van der Waals surface area contributed by atoms with Crippen LogP contribution in [0.4, 0.5) is 10.3 Å². The molecule has 0 saturated heterocycles. The van der Waals surface area contributed by atoms with Crippen LogP contribution in [0, 0.1) is 5.82 Å². The van der Waals surface area contributed by atoms with E-state index in [1.807, 2.05) is 6.92 Å². The topological polar surface area (TPSA) is 73.0 Å². The number of halogens is 1. The highest BCUT2D eigenvalue weighted by Gasteiger charge is 2.15. The number of amides is 1. The normalized spacial score (nSPS) is 10.6. The van der Waals surface area contributed by atoms with E-state index in [0.29, 0.717) is 23.5 Å². The zero-order valence-electron chi connectivity index (χ0n) is 11.8. The maximum absolute atomic E-state index is 13.7. The van der Waals surface area contributed by atoms with Gasteiger partial charge in [0.25, 0.3) is 5.91 Å². The van der Waals surface area contributed by atoms with Crippen molar-refractivity contribution in [3.63, 3.8) is 0 Å². The molecule has 3 rings (SSSR count). The average molecular weight is 300 g/mol. The summed E-state index contributed by atoms with van der Waals surface area (Å²) in [6.07, 6.45) is 1.55. The number of hydrogen-bond donors (Lipinski definition) is 1. The van der Waals surface area contributed by atoms with Crippen LogP contribution in [0.1, 0.15) is 17.4 Å². The molecule has 1 aromatic carbocycles. The fourth-order valence-electron chi connectivity index (χ4n) is 2.08. The van der Waals surface area contributed by atoms with Gasteiger partial charge in [0.2, 0.25) is 5.88 Å². The molecule has 3 aromatic rings. The van der Waals surface area contributed by atoms with Crippen LogP contribution in [-0.2, 0) is 6.54 Å². The van der Waals surface area contributed by atoms with Gasteiger partial charge >= 0.3 is 0 Å². The molecular weight excluding hydrogens is 287 g/mol. The van der Waals surface area contributed by atoms with Gasteiger partial charge < -0.3 is 4.52 Å². The van der Waals surface area contributed by atoms with Crippen molar-refractivity contribution < 1.29 is 13.7 Å². The van der Waals surface area contributed by atoms with E-state index in [2.05, 4.69) is 15.6 Å². The largest absolute Gasteiger partial charge is 0.338 e. The molecule has 22 heavy (non-hydrogen) atoms. The molecule has 0 spiro atoms. The smallest absolute Gasteiger partial charge is 0.276 e. The number of anilines is 1. The van der Waals surface area contributed by atoms with Crippen LogP contribution in [0.2, 0.25) is 0 Å². The molecule has 112 valence electrons. The van der Waals surface area contributed by atoms with E-state index < -0.39 is 5.82 Å². The van der Waals surface area contributed by atoms with Gasteiger partial charge in [0, 0.05) is 24.4 Å². The molecule has 6 nitrogen and oxygen atoms in total. The average Bonchev–Trinajstić information content (AvgIpc) is 3.16. The van der Waals surface area contributed by atoms with Crippen LogP contribution < -0.4 is 5.32 Å². The lowest BCUT2D eigenvalue weighted by Crippen LogP contribution is -2.16. The second-order valence-electron chi connectivity index (χ2n) is 4.54. The molecule has 0 saturated carbocycles. The molecule has 1 N–H and O–H groups in total. The lowest BCUT2D eigenvalue weighted by Gasteiger charge is -2.03. The lowest BCUT2D eigenvalue weighted by molar-refractivity contribution is 0.101. The Kier molecular flexibility index (Phi) is 3.69. The van der Waals surface area contributed by atoms with E-state index in [4.69, 9.17) is 4.52 Å². The van der Waals surface area contributed by atoms with Crippen LogP contribution in [0.25, 0.3) is 11.3 Å². The minimum Gasteiger partial charge on any atom is -0.338 e. The van der Waals surface area contributed by atoms with Gasteiger partial charge in [-0.25, -0.2) is 4.39 Å². The first-order valence-corrected chi connectivity index (χ1v) is 6.74. The molecule has 1 amide bonds. The fraction of sp³-hybridized carbons (Fsp3) is 0.133. The Morgan fingerprint density at radius 2 is 2.18 bits per heavy atom. The summed E-state index contributed by atoms with van der Waals surface area (Å²) in [6, 6.07) is 9.29. The molecule has 7 heteroatoms. The van der Waals surface area contributed by atoms with Crippen LogP contribution in [0.5, 0.6) is 0 Å². The molecule has 0 fully saturated rings. The van der Waals surface area contributed by atoms with Gasteiger partial charge in [-0.15, -0.1) is 0 Å². The Bertz CT molecular complexity index is 809. The van der Waals surface area contributed by atoms with E-state index in [1.165, 1.54) is 12.1 Å². The number of benzene rings is 1. The van der Waals surface area contributed by atoms with Gasteiger partial charge in [0.1, 0.15) is 17.2 Å². The van der Waals surface area contributed by atoms with Crippen LogP contribution in [-0.4, -0.2) is 20.8 Å². The number of hydrogen-bond acceptors (Lipinski definition) is 4. The summed E-state index contributed by atoms with van der Waals surface area (Å²) in [5.41, 5.74) is 1.04. The molecular formula is C15H13FN4O2. The van der Waals surface area contributed by atoms with Gasteiger partial charge in [0.15, 0.2) is 0 Å². The minimum absolute atomic E-state index is 0.145. The number of aromatic nitrogens is 3. The molecule has 0 unspecified atom stereocenters. The summed E-state index contributed by atoms with van der Waals surface area (Å²) in [7, 11) is 0. The lowest BCUT2D eigenvalue weighted by atomic mass is 10.1. The molecule has 0 aliphatic heterocycles. The second-order valence-corrected chi connectivity index (χ2v) is 4.54. The number of carbonyl (C=O) groups excluding carboxylic acids is 1. The van der Waals surface area contributed by atoms with Crippen molar-refractivity contribution in [1.29, 1.82) is 0 Å². The fourth-order valence-corrected chi connectivity index (χ4v) is 2.08. The Labute approximate surface area is 125 Å². The first-order chi connectivity index (χ1) is 10.7. The number of nitrogens with zero attached hydrogens (tertiary/aromatic N) is 3. The van der Waals surface area contributed by atoms with Crippen molar-refractivity contribution in [2.24, 2.45) is 0 Å². The molecule has 0 aliphatic carbocycles. The number of carbonyl (C=O) groups is 1. The third-order valence-electron chi connectivity index (χ3n) is 3.15. The third kappa shape index (κ3) is 2.60. The SMILES string of the molecule is CCn1nccc1C(=O)Nc1cc(-c2ccccc2F)no1. The van der Waals surface area contributed by atoms with E-state index in [9.17, 15) is 9.18 Å². The Hall–Kier alpha value is -2.96. The van der Waals surface area contributed by atoms with Gasteiger partial charge in [-0.3, -0.25) is 14.8 Å². The quantitative estimate of drug-likeness (QED) is 0.804. The monoisotopic (exact) mass is 300 g/mol. The summed E-state index contributed by atoms with van der Waals surface area (Å²) < 4.78 is 20.3. The highest BCUT2D eigenvalue weighted by molar-refractivity contribution is 6.02. The van der Waals surface area contributed by atoms with Gasteiger partial charge in [-0.05, 0) is 25.1 Å². The van der Waals surface area contributed by atoms with Crippen LogP contribution >= 0.6 is 0 Å². The highest BCUT2D eigenvalue weighted by atomic mass is 19.1. The predicted octanol–water partition coefficient (Wildman–Crippen LogP) is 2.95. The predicted molar refractivity (Wildman–Crippen MR) is 77.8 cm³/mol. The molecule has 0 bridgehead atoms. The summed E-state index contributed by atoms with van der Waals surface area (Å²) in [5.74, 6) is -0.625. The van der Waals surface area contributed by atoms with E-state index in [0.717, 1.165) is 0 Å². The summed E-state index contributed by atoms with van der Waals surface area (Å²) in [5, 5.41) is 10.4. The van der Waals surface area contributed by atoms with E-state index in [1.54, 1.807) is 35.1 Å². The second kappa shape index (κ2) is 5.80. The summed E-state index contributed by atoms with van der Waals surface area (Å²) in [6.45, 7) is 2.46. The minimum atomic E-state index is -0.405. The highest BCUT2D eigenvalue weighted by Crippen LogP contribution is 2.24. The van der Waals surface area contributed by atoms with E-state index in [-0.39, 0.29) is 11.8 Å². The maximum Gasteiger partial charge on any atom is 0.276 e. The van der Waals surface area contributed by atoms with Crippen molar-refractivity contribution >= 4 is 11.8 Å². The van der Waals surface area contributed by atoms with Crippen molar-refractivity contribution in [2.75, 3.05) is 5.32 Å². The van der Waals surface area contributed by atoms with Crippen molar-refractivity contribution in [3.8, 4) is 11.3 Å². The van der Waals surface area contributed by atoms with Gasteiger partial charge in [-0.2, -0.15) is 5.10 Å². The number of aryl methyl sites for hydroxylation is 1. The molecule has 2 heterocycles. The molecule has 0 aliphatic rings. The molecule has 2 aromatic heterocycles. The van der Waals surface area contributed by atoms with E-state index >= 15 is 0 Å². The Morgan fingerprint density at radius 3 is 2.95 bits per heavy atom. The zero-order valence-corrected chi connectivity index (χ0v) is 11.8. The number of nitrogens with one attached hydrogen (secondary N) is 1. The molecule has 0 atom stereocenters. The number of rotatable bonds is 4. The van der Waals surface area contributed by atoms with Crippen LogP contribution in [0.3, 0.4) is 0 Å². The summed E-state index contributed by atoms with van der Waals surface area (Å²) >= 11 is 0. The first-order valence-electron chi connectivity index (χ1n) is 6.74. The Morgan fingerprint density at radius 1 is 1.36 bits per heavy atom. The maximum atomic E-state index is 13.7. The standard InChI is InChI=1S/C15H13FN4O2/c1-2-20-13(7-8-17-20)15(21)18-14-9-12(19-22-14)10-5-3-4-6-11(10)16/h3-9H,2H2,1H3,(H,18,21). The first kappa shape index (κ1) is 14.0. The van der Waals surface area contributed by atoms with Gasteiger partial charge in [-0.1, -0.05) is 17.3 Å². The van der Waals surface area contributed by atoms with Gasteiger partial charge in [0.05, 0.1) is 0 Å².